The van der Waals surface area contributed by atoms with Crippen LogP contribution in [0.15, 0.2) is 42.5 Å². The first-order valence-corrected chi connectivity index (χ1v) is 9.38. The van der Waals surface area contributed by atoms with Crippen molar-refractivity contribution >= 4 is 29.1 Å². The number of aryl methyl sites for hydroxylation is 1. The maximum absolute atomic E-state index is 14.5. The summed E-state index contributed by atoms with van der Waals surface area (Å²) in [4.78, 5) is 25.9. The van der Waals surface area contributed by atoms with Crippen LogP contribution in [0.4, 0.5) is 4.39 Å². The van der Waals surface area contributed by atoms with Crippen LogP contribution in [-0.4, -0.2) is 34.5 Å². The van der Waals surface area contributed by atoms with Crippen molar-refractivity contribution in [1.29, 1.82) is 5.26 Å². The maximum Gasteiger partial charge on any atom is 0.326 e. The van der Waals surface area contributed by atoms with Crippen LogP contribution in [0.3, 0.4) is 0 Å². The van der Waals surface area contributed by atoms with Gasteiger partial charge in [-0.25, -0.2) is 9.18 Å². The normalized spacial score (nSPS) is 14.9. The number of nitrogens with zero attached hydrogens (tertiary/aromatic N) is 2. The van der Waals surface area contributed by atoms with Crippen LogP contribution in [0, 0.1) is 24.1 Å². The molecule has 0 fully saturated rings. The third-order valence-electron chi connectivity index (χ3n) is 5.08. The van der Waals surface area contributed by atoms with Crippen LogP contribution in [0.25, 0.3) is 5.57 Å². The van der Waals surface area contributed by atoms with E-state index in [4.69, 9.17) is 11.6 Å². The molecule has 1 atom stereocenters. The van der Waals surface area contributed by atoms with Crippen LogP contribution < -0.4 is 0 Å². The Morgan fingerprint density at radius 3 is 2.69 bits per heavy atom. The summed E-state index contributed by atoms with van der Waals surface area (Å²) in [6, 6.07) is 11.0. The molecule has 2 aromatic rings. The molecule has 1 aliphatic heterocycles. The smallest absolute Gasteiger partial charge is 0.326 e. The van der Waals surface area contributed by atoms with Gasteiger partial charge in [0.05, 0.1) is 16.7 Å². The first-order chi connectivity index (χ1) is 13.8. The number of aliphatic carboxylic acids is 1. The Kier molecular flexibility index (Phi) is 6.00. The molecule has 1 aliphatic rings. The second-order valence-electron chi connectivity index (χ2n) is 6.83. The molecule has 2 aromatic carbocycles. The van der Waals surface area contributed by atoms with Gasteiger partial charge in [-0.05, 0) is 42.2 Å². The monoisotopic (exact) mass is 412 g/mol. The molecule has 5 nitrogen and oxygen atoms in total. The molecular formula is C22H18ClFN2O3. The van der Waals surface area contributed by atoms with Crippen molar-refractivity contribution in [3.05, 3.63) is 75.6 Å². The summed E-state index contributed by atoms with van der Waals surface area (Å²) in [6.07, 6.45) is 1.59. The zero-order chi connectivity index (χ0) is 21.1. The van der Waals surface area contributed by atoms with E-state index in [-0.39, 0.29) is 35.5 Å². The largest absolute Gasteiger partial charge is 0.480 e. The number of halogens is 2. The van der Waals surface area contributed by atoms with Gasteiger partial charge in [0.1, 0.15) is 6.04 Å². The topological polar surface area (TPSA) is 81.4 Å². The number of amides is 1. The first-order valence-electron chi connectivity index (χ1n) is 9.00. The number of carboxylic acids is 1. The Labute approximate surface area is 172 Å². The Bertz CT molecular complexity index is 1060. The molecule has 29 heavy (non-hydrogen) atoms. The van der Waals surface area contributed by atoms with E-state index in [1.165, 1.54) is 23.1 Å². The molecule has 0 bridgehead atoms. The minimum Gasteiger partial charge on any atom is -0.480 e. The molecule has 7 heteroatoms. The summed E-state index contributed by atoms with van der Waals surface area (Å²) in [5, 5.41) is 18.8. The average molecular weight is 413 g/mol. The van der Waals surface area contributed by atoms with E-state index in [1.54, 1.807) is 0 Å². The second kappa shape index (κ2) is 8.46. The predicted octanol–water partition coefficient (Wildman–Crippen LogP) is 3.97. The fourth-order valence-corrected chi connectivity index (χ4v) is 3.66. The highest BCUT2D eigenvalue weighted by Gasteiger charge is 2.33. The van der Waals surface area contributed by atoms with Crippen LogP contribution in [0.1, 0.15) is 28.7 Å². The van der Waals surface area contributed by atoms with Gasteiger partial charge in [0.15, 0.2) is 5.82 Å². The Morgan fingerprint density at radius 2 is 2.07 bits per heavy atom. The lowest BCUT2D eigenvalue weighted by Crippen LogP contribution is -2.47. The molecule has 0 radical (unpaired) electrons. The number of hydrogen-bond donors (Lipinski definition) is 1. The number of carboxylic acid groups (broad SMARTS) is 1. The highest BCUT2D eigenvalue weighted by molar-refractivity contribution is 6.31. The van der Waals surface area contributed by atoms with Crippen molar-refractivity contribution in [2.75, 3.05) is 6.54 Å². The van der Waals surface area contributed by atoms with Crippen LogP contribution >= 0.6 is 11.6 Å². The van der Waals surface area contributed by atoms with Crippen molar-refractivity contribution < 1.29 is 19.1 Å². The molecule has 3 rings (SSSR count). The molecule has 148 valence electrons. The lowest BCUT2D eigenvalue weighted by Gasteiger charge is -2.32. The van der Waals surface area contributed by atoms with Gasteiger partial charge < -0.3 is 10.0 Å². The SMILES string of the molecule is Cc1ccccc1CC(C(=O)O)N1CCC(c2c(C#N)ccc(Cl)c2F)=CC1=O. The molecule has 1 N–H and O–H groups in total. The van der Waals surface area contributed by atoms with Crippen molar-refractivity contribution in [2.24, 2.45) is 0 Å². The standard InChI is InChI=1S/C22H18ClFN2O3/c1-13-4-2-3-5-14(13)10-18(22(28)29)26-9-8-15(11-19(26)27)20-16(12-25)6-7-17(23)21(20)24/h2-7,11,18H,8-10H2,1H3,(H,28,29). The Hall–Kier alpha value is -3.17. The van der Waals surface area contributed by atoms with Crippen LogP contribution in [-0.2, 0) is 16.0 Å². The van der Waals surface area contributed by atoms with Crippen molar-refractivity contribution in [3.8, 4) is 6.07 Å². The van der Waals surface area contributed by atoms with Crippen molar-refractivity contribution in [1.82, 2.24) is 4.90 Å². The number of carbonyl (C=O) groups excluding carboxylic acids is 1. The summed E-state index contributed by atoms with van der Waals surface area (Å²) in [7, 11) is 0. The predicted molar refractivity (Wildman–Crippen MR) is 107 cm³/mol. The van der Waals surface area contributed by atoms with Gasteiger partial charge in [0, 0.05) is 24.6 Å². The van der Waals surface area contributed by atoms with E-state index in [9.17, 15) is 24.3 Å². The second-order valence-corrected chi connectivity index (χ2v) is 7.24. The number of rotatable bonds is 5. The molecule has 0 aliphatic carbocycles. The summed E-state index contributed by atoms with van der Waals surface area (Å²) in [6.45, 7) is 1.99. The van der Waals surface area contributed by atoms with Gasteiger partial charge in [-0.2, -0.15) is 5.26 Å². The average Bonchev–Trinajstić information content (AvgIpc) is 2.69. The highest BCUT2D eigenvalue weighted by Crippen LogP contribution is 2.32. The Balaban J connectivity index is 1.92. The third kappa shape index (κ3) is 4.15. The minimum absolute atomic E-state index is 0.00113. The molecule has 1 unspecified atom stereocenters. The molecular weight excluding hydrogens is 395 g/mol. The van der Waals surface area contributed by atoms with Gasteiger partial charge in [-0.15, -0.1) is 0 Å². The summed E-state index contributed by atoms with van der Waals surface area (Å²) in [5.41, 5.74) is 2.20. The molecule has 0 aromatic heterocycles. The van der Waals surface area contributed by atoms with Crippen LogP contribution in [0.2, 0.25) is 5.02 Å². The van der Waals surface area contributed by atoms with Gasteiger partial charge in [0.2, 0.25) is 5.91 Å². The molecule has 1 amide bonds. The van der Waals surface area contributed by atoms with Gasteiger partial charge >= 0.3 is 5.97 Å². The van der Waals surface area contributed by atoms with E-state index in [0.717, 1.165) is 11.1 Å². The highest BCUT2D eigenvalue weighted by atomic mass is 35.5. The molecule has 0 saturated heterocycles. The van der Waals surface area contributed by atoms with Crippen molar-refractivity contribution in [2.45, 2.75) is 25.8 Å². The lowest BCUT2D eigenvalue weighted by atomic mass is 9.93. The fraction of sp³-hybridized carbons (Fsp3) is 0.227. The van der Waals surface area contributed by atoms with Gasteiger partial charge in [0.25, 0.3) is 0 Å². The summed E-state index contributed by atoms with van der Waals surface area (Å²) >= 11 is 5.84. The van der Waals surface area contributed by atoms with E-state index in [2.05, 4.69) is 0 Å². The number of hydrogen-bond acceptors (Lipinski definition) is 3. The fourth-order valence-electron chi connectivity index (χ4n) is 3.50. The summed E-state index contributed by atoms with van der Waals surface area (Å²) < 4.78 is 14.5. The first kappa shape index (κ1) is 20.6. The minimum atomic E-state index is -1.11. The van der Waals surface area contributed by atoms with Crippen LogP contribution in [0.5, 0.6) is 0 Å². The lowest BCUT2D eigenvalue weighted by molar-refractivity contribution is -0.148. The number of carbonyl (C=O) groups is 2. The number of benzene rings is 2. The number of nitriles is 1. The van der Waals surface area contributed by atoms with E-state index >= 15 is 0 Å². The third-order valence-corrected chi connectivity index (χ3v) is 5.37. The van der Waals surface area contributed by atoms with Gasteiger partial charge in [-0.1, -0.05) is 35.9 Å². The molecule has 0 saturated carbocycles. The molecule has 1 heterocycles. The quantitative estimate of drug-likeness (QED) is 0.805. The van der Waals surface area contributed by atoms with E-state index in [0.29, 0.717) is 5.57 Å². The maximum atomic E-state index is 14.5. The van der Waals surface area contributed by atoms with Gasteiger partial charge in [-0.3, -0.25) is 4.79 Å². The zero-order valence-electron chi connectivity index (χ0n) is 15.7. The zero-order valence-corrected chi connectivity index (χ0v) is 16.4. The van der Waals surface area contributed by atoms with E-state index in [1.807, 2.05) is 37.3 Å². The van der Waals surface area contributed by atoms with Crippen molar-refractivity contribution in [3.63, 3.8) is 0 Å². The Morgan fingerprint density at radius 1 is 1.34 bits per heavy atom. The molecule has 0 spiro atoms. The van der Waals surface area contributed by atoms with E-state index < -0.39 is 23.7 Å². The summed E-state index contributed by atoms with van der Waals surface area (Å²) in [5.74, 6) is -2.39.